The molecule has 0 saturated carbocycles. The molecule has 17 nitrogen and oxygen atoms in total. The number of allylic oxidation sites excluding steroid dienone is 4. The molecule has 1 unspecified atom stereocenters. The van der Waals surface area contributed by atoms with Gasteiger partial charge in [0.2, 0.25) is 0 Å². The molecule has 18 heteroatoms. The normalized spacial score (nSPS) is 12.6. The Kier molecular flexibility index (Phi) is 16.5. The molecule has 1 aliphatic heterocycles. The van der Waals surface area contributed by atoms with Crippen LogP contribution in [0, 0.1) is 0 Å². The molecule has 0 aliphatic carbocycles. The largest absolute Gasteiger partial charge is 0.465 e. The van der Waals surface area contributed by atoms with E-state index in [1.165, 1.54) is 11.1 Å². The third-order valence-electron chi connectivity index (χ3n) is 10.7. The van der Waals surface area contributed by atoms with Crippen LogP contribution in [-0.4, -0.2) is 76.8 Å². The van der Waals surface area contributed by atoms with Crippen molar-refractivity contribution >= 4 is 43.9 Å². The monoisotopic (exact) mass is 910 g/mol. The highest BCUT2D eigenvalue weighted by Gasteiger charge is 2.22. The summed E-state index contributed by atoms with van der Waals surface area (Å²) in [5, 5.41) is 0. The van der Waals surface area contributed by atoms with Crippen molar-refractivity contribution < 1.29 is 14.9 Å². The Bertz CT molecular complexity index is 2930. The maximum atomic E-state index is 6.33. The van der Waals surface area contributed by atoms with E-state index in [1.807, 2.05) is 58.2 Å². The summed E-state index contributed by atoms with van der Waals surface area (Å²) in [6, 6.07) is 17.9. The van der Waals surface area contributed by atoms with Crippen LogP contribution in [0.3, 0.4) is 0 Å². The number of nitrogen functional groups attached to an aromatic ring is 2. The molecule has 1 aliphatic rings. The number of aromatic nitrogens is 12. The second-order valence-corrected chi connectivity index (χ2v) is 15.3. The molecule has 6 aromatic heterocycles. The highest BCUT2D eigenvalue weighted by molar-refractivity contribution is 6.92. The summed E-state index contributed by atoms with van der Waals surface area (Å²) >= 11 is 0. The van der Waals surface area contributed by atoms with E-state index in [4.69, 9.17) is 30.9 Å². The number of benzene rings is 2. The summed E-state index contributed by atoms with van der Waals surface area (Å²) in [7, 11) is 0. The van der Waals surface area contributed by atoms with Gasteiger partial charge in [-0.05, 0) is 74.6 Å². The molecule has 4 bridgehead atoms. The highest BCUT2D eigenvalue weighted by Crippen LogP contribution is 2.30. The minimum atomic E-state index is 0. The molecular weight excluding hydrogens is 852 g/mol. The number of nitrogens with two attached hydrogens (primary N) is 2. The van der Waals surface area contributed by atoms with Crippen LogP contribution in [0.1, 0.15) is 61.8 Å². The van der Waals surface area contributed by atoms with Gasteiger partial charge >= 0.3 is 0 Å². The lowest BCUT2D eigenvalue weighted by molar-refractivity contribution is 0.300. The molecule has 0 amide bonds. The van der Waals surface area contributed by atoms with E-state index >= 15 is 0 Å². The van der Waals surface area contributed by atoms with Gasteiger partial charge < -0.3 is 35.6 Å². The summed E-state index contributed by atoms with van der Waals surface area (Å²) in [5.41, 5.74) is 19.7. The topological polar surface area (TPSA) is 225 Å². The van der Waals surface area contributed by atoms with E-state index in [-0.39, 0.29) is 15.4 Å². The Morgan fingerprint density at radius 2 is 1.42 bits per heavy atom. The van der Waals surface area contributed by atoms with Crippen molar-refractivity contribution in [2.75, 3.05) is 24.7 Å². The van der Waals surface area contributed by atoms with E-state index < -0.39 is 0 Å². The Balaban J connectivity index is 0.000000212. The molecule has 2 aromatic carbocycles. The number of ether oxygens (including phenoxy) is 2. The van der Waals surface area contributed by atoms with Gasteiger partial charge in [-0.1, -0.05) is 72.8 Å². The molecule has 0 saturated heterocycles. The maximum absolute atomic E-state index is 6.33. The summed E-state index contributed by atoms with van der Waals surface area (Å²) in [4.78, 5) is 36.9. The molecule has 7 heterocycles. The van der Waals surface area contributed by atoms with Crippen LogP contribution in [0.4, 0.5) is 11.6 Å². The fourth-order valence-electron chi connectivity index (χ4n) is 7.72. The zero-order chi connectivity index (χ0) is 44.4. The number of hydrogen-bond donors (Lipinski definition) is 2. The smallest absolute Gasteiger partial charge is 0.299 e. The first-order valence-corrected chi connectivity index (χ1v) is 21.8. The van der Waals surface area contributed by atoms with Crippen molar-refractivity contribution in [3.05, 3.63) is 133 Å². The number of imidazole rings is 4. The van der Waals surface area contributed by atoms with Gasteiger partial charge in [0, 0.05) is 37.9 Å². The van der Waals surface area contributed by atoms with Crippen molar-refractivity contribution in [3.63, 3.8) is 0 Å². The van der Waals surface area contributed by atoms with E-state index in [9.17, 15) is 0 Å². The molecule has 0 fully saturated rings. The predicted octanol–water partition coefficient (Wildman–Crippen LogP) is 7.26. The van der Waals surface area contributed by atoms with E-state index in [1.54, 1.807) is 12.4 Å². The zero-order valence-electron chi connectivity index (χ0n) is 37.7. The van der Waals surface area contributed by atoms with Crippen LogP contribution in [-0.2, 0) is 39.0 Å². The molecule has 8 aromatic rings. The van der Waals surface area contributed by atoms with Crippen LogP contribution in [0.25, 0.3) is 45.6 Å². The fraction of sp³-hybridized carbons (Fsp3) is 0.292. The van der Waals surface area contributed by atoms with Crippen molar-refractivity contribution in [2.24, 2.45) is 0 Å². The van der Waals surface area contributed by atoms with Crippen LogP contribution in [0.5, 0.6) is 12.0 Å². The maximum Gasteiger partial charge on any atom is 0.299 e. The molecular formula is C48H59N14O3P. The second kappa shape index (κ2) is 22.6. The van der Waals surface area contributed by atoms with Crippen LogP contribution < -0.4 is 20.9 Å². The van der Waals surface area contributed by atoms with Crippen molar-refractivity contribution in [1.82, 2.24) is 58.1 Å². The van der Waals surface area contributed by atoms with Gasteiger partial charge in [0.25, 0.3) is 12.0 Å². The molecule has 0 spiro atoms. The van der Waals surface area contributed by atoms with Crippen molar-refractivity contribution in [2.45, 2.75) is 78.6 Å². The van der Waals surface area contributed by atoms with Gasteiger partial charge in [-0.2, -0.15) is 19.9 Å². The van der Waals surface area contributed by atoms with Gasteiger partial charge in [-0.15, -0.1) is 13.2 Å². The lowest BCUT2D eigenvalue weighted by Crippen LogP contribution is -2.08. The number of anilines is 2. The van der Waals surface area contributed by atoms with Crippen LogP contribution in [0.15, 0.2) is 111 Å². The lowest BCUT2D eigenvalue weighted by Gasteiger charge is -2.11. The Morgan fingerprint density at radius 3 is 2.21 bits per heavy atom. The molecule has 0 radical (unpaired) electrons. The SMILES string of the molecule is C=CCCCn1ccnc1-c1nc(N)c2nc(OCC)n(Cc3cccc(CC=C)c3)c2n1.CCOc1nc2c(N)nc3nc2n1Cc1cccc(c1)C/C=C/CCCn1ccnc1-3.O.P. The van der Waals surface area contributed by atoms with Crippen LogP contribution >= 0.6 is 9.90 Å². The number of unbranched alkanes of at least 4 members (excludes halogenated alkanes) is 1. The second-order valence-electron chi connectivity index (χ2n) is 15.3. The third-order valence-corrected chi connectivity index (χ3v) is 10.7. The highest BCUT2D eigenvalue weighted by atomic mass is 31.0. The van der Waals surface area contributed by atoms with Gasteiger partial charge in [-0.3, -0.25) is 9.13 Å². The Labute approximate surface area is 387 Å². The molecule has 66 heavy (non-hydrogen) atoms. The predicted molar refractivity (Wildman–Crippen MR) is 265 cm³/mol. The number of fused-ring (bicyclic) bond motifs is 6. The Hall–Kier alpha value is -7.23. The number of rotatable bonds is 13. The quantitative estimate of drug-likeness (QED) is 0.0663. The molecule has 6 N–H and O–H groups in total. The summed E-state index contributed by atoms with van der Waals surface area (Å²) < 4.78 is 19.7. The minimum Gasteiger partial charge on any atom is -0.465 e. The van der Waals surface area contributed by atoms with Gasteiger partial charge in [0.1, 0.15) is 0 Å². The minimum absolute atomic E-state index is 0. The van der Waals surface area contributed by atoms with Crippen LogP contribution in [0.2, 0.25) is 0 Å². The first-order valence-electron chi connectivity index (χ1n) is 21.8. The first kappa shape index (κ1) is 48.2. The van der Waals surface area contributed by atoms with E-state index in [0.29, 0.717) is 95.6 Å². The van der Waals surface area contributed by atoms with Crippen molar-refractivity contribution in [1.29, 1.82) is 0 Å². The summed E-state index contributed by atoms with van der Waals surface area (Å²) in [6.45, 7) is 15.2. The Morgan fingerprint density at radius 1 is 0.742 bits per heavy atom. The van der Waals surface area contributed by atoms with E-state index in [0.717, 1.165) is 62.7 Å². The summed E-state index contributed by atoms with van der Waals surface area (Å²) in [5.74, 6) is 2.97. The molecule has 344 valence electrons. The number of nitrogens with zero attached hydrogens (tertiary/aromatic N) is 12. The van der Waals surface area contributed by atoms with Gasteiger partial charge in [-0.25, -0.2) is 29.9 Å². The van der Waals surface area contributed by atoms with E-state index in [2.05, 4.69) is 102 Å². The average molecular weight is 911 g/mol. The average Bonchev–Trinajstić information content (AvgIpc) is 4.10. The summed E-state index contributed by atoms with van der Waals surface area (Å²) in [6.07, 6.45) is 21.3. The fourth-order valence-corrected chi connectivity index (χ4v) is 7.72. The number of hydrogen-bond acceptors (Lipinski definition) is 12. The lowest BCUT2D eigenvalue weighted by atomic mass is 10.1. The van der Waals surface area contributed by atoms with Gasteiger partial charge in [0.15, 0.2) is 57.3 Å². The number of aryl methyl sites for hydroxylation is 2. The standard InChI is InChI=1S/C25H29N7O.C23H25N7O.H2O.H3P/c1-4-7-8-14-31-15-13-27-24(31)22-29-21(26)20-23(30-22)32(25(28-20)33-6-3)17-19-12-9-11-18(16-19)10-5-2;1-2-31-23-26-18-19(24)27-20-22-25-11-13-29(22)12-6-4-3-5-8-16-9-7-10-17(14-16)15-30(23)21(18)28-20;;/h4-5,9,11-13,15-16H,1-2,6-8,10,14,17H2,3H3,(H2,26,29,30);3,5,7,9-11,13-14H,2,4,6,8,12,15H2,1H3,(H2,24,27,28);1H2;1H3/b;5-3+;;. The first-order chi connectivity index (χ1) is 31.4. The van der Waals surface area contributed by atoms with Gasteiger partial charge in [0.05, 0.1) is 26.3 Å². The third kappa shape index (κ3) is 10.8. The molecule has 1 atom stereocenters. The van der Waals surface area contributed by atoms with Crippen molar-refractivity contribution in [3.8, 4) is 35.3 Å². The zero-order valence-corrected chi connectivity index (χ0v) is 39.1. The molecule has 9 rings (SSSR count).